The van der Waals surface area contributed by atoms with E-state index >= 15 is 0 Å². The number of hydrogen-bond donors (Lipinski definition) is 1. The van der Waals surface area contributed by atoms with Crippen LogP contribution in [0.5, 0.6) is 0 Å². The Labute approximate surface area is 314 Å². The first-order chi connectivity index (χ1) is 24.3. The lowest BCUT2D eigenvalue weighted by Gasteiger charge is -2.29. The van der Waals surface area contributed by atoms with Gasteiger partial charge in [0.25, 0.3) is 0 Å². The highest BCUT2D eigenvalue weighted by molar-refractivity contribution is 7.44. The van der Waals surface area contributed by atoms with Crippen LogP contribution in [0.3, 0.4) is 0 Å². The van der Waals surface area contributed by atoms with E-state index in [1.165, 1.54) is 148 Å². The highest BCUT2D eigenvalue weighted by atomic mass is 31.1. The second-order valence-corrected chi connectivity index (χ2v) is 17.8. The maximum atomic E-state index is 14.1. The fourth-order valence-electron chi connectivity index (χ4n) is 7.06. The molecule has 50 heavy (non-hydrogen) atoms. The van der Waals surface area contributed by atoms with Crippen molar-refractivity contribution in [1.29, 1.82) is 0 Å². The minimum Gasteiger partial charge on any atom is -0.391 e. The van der Waals surface area contributed by atoms with Gasteiger partial charge in [-0.2, -0.15) is 0 Å². The molecule has 0 spiro atoms. The van der Waals surface area contributed by atoms with Crippen molar-refractivity contribution in [3.05, 3.63) is 12.2 Å². The molecular formula is C44H89N2O3P. The summed E-state index contributed by atoms with van der Waals surface area (Å²) in [6.45, 7) is 8.53. The van der Waals surface area contributed by atoms with Crippen LogP contribution in [0, 0.1) is 5.92 Å². The van der Waals surface area contributed by atoms with Crippen molar-refractivity contribution in [2.75, 3.05) is 46.1 Å². The topological polar surface area (TPSA) is 60.9 Å². The summed E-state index contributed by atoms with van der Waals surface area (Å²) < 4.78 is 12.8. The van der Waals surface area contributed by atoms with Crippen molar-refractivity contribution in [2.45, 2.75) is 213 Å². The van der Waals surface area contributed by atoms with Crippen LogP contribution in [-0.4, -0.2) is 73.0 Å². The predicted molar refractivity (Wildman–Crippen MR) is 223 cm³/mol. The molecule has 0 rings (SSSR count). The first-order valence-electron chi connectivity index (χ1n) is 22.1. The Hall–Kier alpha value is -0.640. The predicted octanol–water partition coefficient (Wildman–Crippen LogP) is 12.8. The van der Waals surface area contributed by atoms with Gasteiger partial charge < -0.3 is 19.5 Å². The van der Waals surface area contributed by atoms with E-state index in [-0.39, 0.29) is 11.8 Å². The zero-order chi connectivity index (χ0) is 36.9. The third kappa shape index (κ3) is 33.2. The molecule has 6 heteroatoms. The summed E-state index contributed by atoms with van der Waals surface area (Å²) >= 11 is 0. The summed E-state index contributed by atoms with van der Waals surface area (Å²) in [5.41, 5.74) is 0. The van der Waals surface area contributed by atoms with Crippen LogP contribution in [0.4, 0.5) is 0 Å². The average Bonchev–Trinajstić information content (AvgIpc) is 3.09. The highest BCUT2D eigenvalue weighted by Gasteiger charge is 2.26. The highest BCUT2D eigenvalue weighted by Crippen LogP contribution is 2.25. The second-order valence-electron chi connectivity index (χ2n) is 15.8. The van der Waals surface area contributed by atoms with Crippen LogP contribution < -0.4 is 0 Å². The van der Waals surface area contributed by atoms with Crippen LogP contribution in [-0.2, 0) is 9.36 Å². The normalized spacial score (nSPS) is 13.7. The van der Waals surface area contributed by atoms with Crippen LogP contribution in [0.25, 0.3) is 0 Å². The first-order valence-corrected chi connectivity index (χ1v) is 24.0. The number of amides is 1. The Balaban J connectivity index is 4.98. The van der Waals surface area contributed by atoms with Gasteiger partial charge in [0, 0.05) is 37.9 Å². The molecule has 298 valence electrons. The lowest BCUT2D eigenvalue weighted by Crippen LogP contribution is -2.42. The molecule has 0 aliphatic carbocycles. The molecule has 0 aromatic rings. The van der Waals surface area contributed by atoms with Gasteiger partial charge in [0.2, 0.25) is 5.91 Å². The molecule has 0 aliphatic heterocycles. The Morgan fingerprint density at radius 1 is 0.580 bits per heavy atom. The van der Waals surface area contributed by atoms with Gasteiger partial charge >= 0.3 is 0 Å². The Bertz CT molecular complexity index is 774. The molecule has 0 aliphatic rings. The summed E-state index contributed by atoms with van der Waals surface area (Å²) in [4.78, 5) is 18.1. The summed E-state index contributed by atoms with van der Waals surface area (Å²) in [6, 6.07) is 0. The molecular weight excluding hydrogens is 635 g/mol. The van der Waals surface area contributed by atoms with Crippen LogP contribution >= 0.6 is 7.80 Å². The van der Waals surface area contributed by atoms with Crippen LogP contribution in [0.1, 0.15) is 207 Å². The van der Waals surface area contributed by atoms with Gasteiger partial charge in [-0.25, -0.2) is 0 Å². The van der Waals surface area contributed by atoms with E-state index in [9.17, 15) is 14.5 Å². The van der Waals surface area contributed by atoms with Crippen molar-refractivity contribution in [3.63, 3.8) is 0 Å². The SMILES string of the molecule is CCCCCCCCCCCC=CCCN(CC(O)C[PH](=O)CCN(C)C)C(=O)C(CCCCCC)CCCCCCCCCCCCCC. The molecule has 1 N–H and O–H groups in total. The molecule has 5 nitrogen and oxygen atoms in total. The van der Waals surface area contributed by atoms with E-state index in [2.05, 4.69) is 32.9 Å². The van der Waals surface area contributed by atoms with Crippen molar-refractivity contribution in [2.24, 2.45) is 5.92 Å². The number of nitrogens with zero attached hydrogens (tertiary/aromatic N) is 2. The summed E-state index contributed by atoms with van der Waals surface area (Å²) in [5, 5.41) is 11.0. The number of carbonyl (C=O) groups excluding carboxylic acids is 1. The molecule has 3 atom stereocenters. The maximum Gasteiger partial charge on any atom is 0.225 e. The monoisotopic (exact) mass is 725 g/mol. The molecule has 3 unspecified atom stereocenters. The van der Waals surface area contributed by atoms with Gasteiger partial charge in [-0.1, -0.05) is 187 Å². The average molecular weight is 725 g/mol. The number of hydrogen-bond acceptors (Lipinski definition) is 4. The second kappa shape index (κ2) is 38.1. The minimum atomic E-state index is -1.87. The summed E-state index contributed by atoms with van der Waals surface area (Å²) in [5.74, 6) is 0.266. The quantitative estimate of drug-likeness (QED) is 0.0389. The zero-order valence-electron chi connectivity index (χ0n) is 34.5. The molecule has 1 amide bonds. The lowest BCUT2D eigenvalue weighted by molar-refractivity contribution is -0.137. The molecule has 0 bridgehead atoms. The van der Waals surface area contributed by atoms with Gasteiger partial charge in [0.1, 0.15) is 0 Å². The summed E-state index contributed by atoms with van der Waals surface area (Å²) in [6.07, 6.45) is 41.4. The first kappa shape index (κ1) is 49.4. The zero-order valence-corrected chi connectivity index (χ0v) is 35.5. The Morgan fingerprint density at radius 2 is 0.980 bits per heavy atom. The number of allylic oxidation sites excluding steroid dienone is 1. The lowest BCUT2D eigenvalue weighted by atomic mass is 9.92. The van der Waals surface area contributed by atoms with E-state index in [0.717, 1.165) is 45.1 Å². The van der Waals surface area contributed by atoms with Crippen molar-refractivity contribution >= 4 is 13.7 Å². The number of rotatable bonds is 39. The van der Waals surface area contributed by atoms with E-state index in [4.69, 9.17) is 0 Å². The third-order valence-corrected chi connectivity index (χ3v) is 12.1. The summed E-state index contributed by atoms with van der Waals surface area (Å²) in [7, 11) is 2.11. The maximum absolute atomic E-state index is 14.1. The molecule has 0 fully saturated rings. The van der Waals surface area contributed by atoms with E-state index in [1.807, 2.05) is 23.9 Å². The number of unbranched alkanes of at least 4 members (excludes halogenated alkanes) is 23. The van der Waals surface area contributed by atoms with E-state index in [0.29, 0.717) is 25.4 Å². The number of aliphatic hydroxyl groups is 1. The largest absolute Gasteiger partial charge is 0.391 e. The third-order valence-electron chi connectivity index (χ3n) is 10.4. The fraction of sp³-hybridized carbons (Fsp3) is 0.932. The molecule has 0 aromatic heterocycles. The van der Waals surface area contributed by atoms with Crippen LogP contribution in [0.15, 0.2) is 12.2 Å². The van der Waals surface area contributed by atoms with E-state index < -0.39 is 13.9 Å². The van der Waals surface area contributed by atoms with Crippen molar-refractivity contribution < 1.29 is 14.5 Å². The van der Waals surface area contributed by atoms with E-state index in [1.54, 1.807) is 0 Å². The van der Waals surface area contributed by atoms with Crippen molar-refractivity contribution in [3.8, 4) is 0 Å². The van der Waals surface area contributed by atoms with Gasteiger partial charge in [0.05, 0.1) is 13.9 Å². The number of carbonyl (C=O) groups is 1. The number of aliphatic hydroxyl groups excluding tert-OH is 1. The van der Waals surface area contributed by atoms with Crippen LogP contribution in [0.2, 0.25) is 0 Å². The molecule has 0 saturated heterocycles. The molecule has 0 heterocycles. The Morgan fingerprint density at radius 3 is 1.44 bits per heavy atom. The smallest absolute Gasteiger partial charge is 0.225 e. The van der Waals surface area contributed by atoms with Gasteiger partial charge in [-0.05, 0) is 46.2 Å². The fourth-order valence-corrected chi connectivity index (χ4v) is 8.62. The van der Waals surface area contributed by atoms with Gasteiger partial charge in [-0.3, -0.25) is 4.79 Å². The molecule has 0 radical (unpaired) electrons. The van der Waals surface area contributed by atoms with Gasteiger partial charge in [-0.15, -0.1) is 0 Å². The molecule has 0 saturated carbocycles. The standard InChI is InChI=1S/C44H89N2O3P/c1-6-9-12-15-17-19-21-23-25-27-29-31-34-37-46(40-43(47)41-50(49)39-38-45(4)5)44(48)42(35-32-14-11-8-3)36-33-30-28-26-24-22-20-18-16-13-10-7-2/h29,31,42-43,47,50H,6-28,30,32-41H2,1-5H3. The molecule has 0 aromatic carbocycles. The minimum absolute atomic E-state index is 0.0406. The van der Waals surface area contributed by atoms with Gasteiger partial charge in [0.15, 0.2) is 0 Å². The Kier molecular flexibility index (Phi) is 37.6. The van der Waals surface area contributed by atoms with Crippen molar-refractivity contribution in [1.82, 2.24) is 9.80 Å².